The van der Waals surface area contributed by atoms with Gasteiger partial charge in [-0.05, 0) is 23.3 Å². The summed E-state index contributed by atoms with van der Waals surface area (Å²) in [4.78, 5) is 58.5. The minimum atomic E-state index is -1.46. The highest BCUT2D eigenvalue weighted by Gasteiger charge is 2.55. The van der Waals surface area contributed by atoms with Crippen LogP contribution in [0.1, 0.15) is 16.2 Å². The Labute approximate surface area is 205 Å². The highest BCUT2D eigenvalue weighted by molar-refractivity contribution is 8.14. The number of furan rings is 1. The molecular formula is C20H17N4O7S3-. The quantitative estimate of drug-likeness (QED) is 0.355. The van der Waals surface area contributed by atoms with Crippen molar-refractivity contribution in [3.05, 3.63) is 46.4 Å². The summed E-state index contributed by atoms with van der Waals surface area (Å²) in [7, 11) is 1.26. The molecule has 0 saturated heterocycles. The summed E-state index contributed by atoms with van der Waals surface area (Å²) in [6, 6.07) is 2.17. The molecule has 0 radical (unpaired) electrons. The number of ketones is 1. The number of hydrogen-bond donors (Lipinski definition) is 2. The maximum atomic E-state index is 12.9. The lowest BCUT2D eigenvalue weighted by Gasteiger charge is -2.47. The van der Waals surface area contributed by atoms with Crippen LogP contribution < -0.4 is 16.2 Å². The highest BCUT2D eigenvalue weighted by Crippen LogP contribution is 2.46. The van der Waals surface area contributed by atoms with E-state index in [1.165, 1.54) is 36.6 Å². The van der Waals surface area contributed by atoms with Crippen LogP contribution in [0.25, 0.3) is 0 Å². The number of oxime groups is 1. The zero-order valence-corrected chi connectivity index (χ0v) is 20.0. The lowest BCUT2D eigenvalue weighted by Crippen LogP contribution is -2.66. The molecule has 1 aliphatic heterocycles. The number of nitrogen functional groups attached to an aromatic ring is 1. The fourth-order valence-corrected chi connectivity index (χ4v) is 6.66. The zero-order chi connectivity index (χ0) is 24.4. The Hall–Kier alpha value is -3.10. The molecule has 1 amide bonds. The van der Waals surface area contributed by atoms with Gasteiger partial charge in [0.1, 0.15) is 18.8 Å². The minimum Gasteiger partial charge on any atom is -0.545 e. The summed E-state index contributed by atoms with van der Waals surface area (Å²) in [6.07, 6.45) is 1.37. The number of nitrogens with zero attached hydrogens (tertiary/aromatic N) is 2. The number of Topliss-reactive ketones (excluding diaryl/α,β-unsaturated/α-hetero) is 1. The number of aliphatic carboxylic acids is 1. The molecule has 2 aliphatic rings. The fraction of sp³-hybridized carbons (Fsp3) is 0.300. The Bertz CT molecular complexity index is 1200. The van der Waals surface area contributed by atoms with Crippen molar-refractivity contribution in [2.75, 3.05) is 24.3 Å². The van der Waals surface area contributed by atoms with E-state index in [0.29, 0.717) is 5.57 Å². The van der Waals surface area contributed by atoms with Crippen LogP contribution in [0.2, 0.25) is 0 Å². The number of nitrogens with two attached hydrogens (primary N) is 1. The Morgan fingerprint density at radius 1 is 1.44 bits per heavy atom. The van der Waals surface area contributed by atoms with Crippen molar-refractivity contribution >= 4 is 68.5 Å². The lowest BCUT2D eigenvalue weighted by atomic mass is 9.71. The zero-order valence-electron chi connectivity index (χ0n) is 17.5. The molecule has 14 heteroatoms. The second-order valence-electron chi connectivity index (χ2n) is 7.16. The molecule has 3 N–H and O–H groups in total. The number of rotatable bonds is 8. The summed E-state index contributed by atoms with van der Waals surface area (Å²) in [5.74, 6) is -3.06. The number of hydrogen-bond acceptors (Lipinski definition) is 13. The second kappa shape index (κ2) is 10.0. The molecule has 11 nitrogen and oxygen atoms in total. The number of carboxylic acids is 1. The molecule has 0 spiro atoms. The standard InChI is InChI=1S/C20H18N4O7S3/c1-30-24-13(9-7-34-20(21)22-9)17(26)23-14-15(25)12-11(18(27)28)8(5-32-16(12)14)6-33-19(29)10-3-2-4-31-10/h2-4,7,12,14,16H,5-6H2,1H3,(H2,21,22)(H,23,26)(H,27,28)/p-1/b24-13+/t12?,14-,16+/m1/s1. The Kier molecular flexibility index (Phi) is 7.09. The molecule has 2 aromatic heterocycles. The first-order valence-corrected chi connectivity index (χ1v) is 12.7. The Balaban J connectivity index is 1.47. The van der Waals surface area contributed by atoms with Crippen molar-refractivity contribution in [1.29, 1.82) is 0 Å². The number of nitrogens with one attached hydrogen (secondary N) is 1. The van der Waals surface area contributed by atoms with Gasteiger partial charge in [0.05, 0.1) is 18.2 Å². The molecule has 34 heavy (non-hydrogen) atoms. The average Bonchev–Trinajstić information content (AvgIpc) is 3.50. The number of thiazole rings is 1. The molecule has 1 unspecified atom stereocenters. The van der Waals surface area contributed by atoms with Gasteiger partial charge in [-0.25, -0.2) is 4.98 Å². The number of carbonyl (C=O) groups is 4. The van der Waals surface area contributed by atoms with Crippen LogP contribution >= 0.6 is 34.9 Å². The number of anilines is 1. The van der Waals surface area contributed by atoms with Gasteiger partial charge in [0.2, 0.25) is 0 Å². The molecule has 0 aromatic carbocycles. The molecule has 0 bridgehead atoms. The normalized spacial score (nSPS) is 22.1. The van der Waals surface area contributed by atoms with E-state index in [-0.39, 0.29) is 44.5 Å². The van der Waals surface area contributed by atoms with Crippen LogP contribution in [-0.4, -0.2) is 63.4 Å². The van der Waals surface area contributed by atoms with E-state index in [1.807, 2.05) is 0 Å². The Morgan fingerprint density at radius 3 is 2.85 bits per heavy atom. The van der Waals surface area contributed by atoms with Gasteiger partial charge in [0.15, 0.2) is 22.4 Å². The number of carboxylic acid groups (broad SMARTS) is 1. The summed E-state index contributed by atoms with van der Waals surface area (Å²) < 4.78 is 5.05. The molecule has 1 fully saturated rings. The number of amides is 1. The van der Waals surface area contributed by atoms with E-state index in [2.05, 4.69) is 15.5 Å². The van der Waals surface area contributed by atoms with Crippen LogP contribution in [0.15, 0.2) is 44.5 Å². The van der Waals surface area contributed by atoms with Gasteiger partial charge in [-0.1, -0.05) is 16.9 Å². The number of aromatic nitrogens is 1. The third kappa shape index (κ3) is 4.60. The smallest absolute Gasteiger partial charge is 0.276 e. The van der Waals surface area contributed by atoms with E-state index in [9.17, 15) is 24.3 Å². The monoisotopic (exact) mass is 521 g/mol. The lowest BCUT2D eigenvalue weighted by molar-refractivity contribution is -0.300. The van der Waals surface area contributed by atoms with Gasteiger partial charge in [0.25, 0.3) is 11.0 Å². The van der Waals surface area contributed by atoms with Gasteiger partial charge in [-0.3, -0.25) is 14.4 Å². The van der Waals surface area contributed by atoms with Gasteiger partial charge < -0.3 is 30.2 Å². The molecule has 1 aliphatic carbocycles. The SMILES string of the molecule is CO/N=C(/C(=O)N[C@@H]1C(=O)C2C(C(=O)[O-])=C(CSC(=O)c3ccco3)CS[C@@H]21)c1csc(N)n1. The summed E-state index contributed by atoms with van der Waals surface area (Å²) >= 11 is 3.33. The van der Waals surface area contributed by atoms with Gasteiger partial charge >= 0.3 is 0 Å². The summed E-state index contributed by atoms with van der Waals surface area (Å²) in [5, 5.41) is 19.1. The third-order valence-electron chi connectivity index (χ3n) is 5.18. The molecule has 4 rings (SSSR count). The first kappa shape index (κ1) is 24.0. The van der Waals surface area contributed by atoms with Crippen molar-refractivity contribution < 1.29 is 33.5 Å². The molecule has 2 aromatic rings. The third-order valence-corrected chi connectivity index (χ3v) is 8.26. The van der Waals surface area contributed by atoms with Crippen molar-refractivity contribution in [3.8, 4) is 0 Å². The highest BCUT2D eigenvalue weighted by atomic mass is 32.2. The van der Waals surface area contributed by atoms with Gasteiger partial charge in [-0.2, -0.15) is 11.8 Å². The number of thioether (sulfide) groups is 2. The summed E-state index contributed by atoms with van der Waals surface area (Å²) in [6.45, 7) is 0. The Morgan fingerprint density at radius 2 is 2.24 bits per heavy atom. The molecule has 3 heterocycles. The predicted molar refractivity (Wildman–Crippen MR) is 124 cm³/mol. The van der Waals surface area contributed by atoms with Crippen molar-refractivity contribution in [1.82, 2.24) is 10.3 Å². The minimum absolute atomic E-state index is 0.0826. The van der Waals surface area contributed by atoms with E-state index in [1.54, 1.807) is 6.07 Å². The maximum absolute atomic E-state index is 12.9. The van der Waals surface area contributed by atoms with Crippen LogP contribution in [0.4, 0.5) is 5.13 Å². The van der Waals surface area contributed by atoms with Gasteiger partial charge in [0, 0.05) is 22.1 Å². The summed E-state index contributed by atoms with van der Waals surface area (Å²) in [5.41, 5.74) is 5.96. The fourth-order valence-electron chi connectivity index (χ4n) is 3.65. The average molecular weight is 522 g/mol. The van der Waals surface area contributed by atoms with Crippen molar-refractivity contribution in [2.24, 2.45) is 11.1 Å². The topological polar surface area (TPSA) is 177 Å². The first-order chi connectivity index (χ1) is 16.3. The largest absolute Gasteiger partial charge is 0.545 e. The van der Waals surface area contributed by atoms with E-state index in [0.717, 1.165) is 23.1 Å². The maximum Gasteiger partial charge on any atom is 0.276 e. The van der Waals surface area contributed by atoms with Crippen molar-refractivity contribution in [2.45, 2.75) is 11.3 Å². The first-order valence-electron chi connectivity index (χ1n) is 9.74. The van der Waals surface area contributed by atoms with Gasteiger partial charge in [-0.15, -0.1) is 11.3 Å². The van der Waals surface area contributed by atoms with E-state index >= 15 is 0 Å². The van der Waals surface area contributed by atoms with Crippen LogP contribution in [-0.2, 0) is 19.2 Å². The van der Waals surface area contributed by atoms with Crippen molar-refractivity contribution in [3.63, 3.8) is 0 Å². The van der Waals surface area contributed by atoms with E-state index < -0.39 is 34.9 Å². The molecule has 1 saturated carbocycles. The number of fused-ring (bicyclic) bond motifs is 1. The van der Waals surface area contributed by atoms with E-state index in [4.69, 9.17) is 15.0 Å². The molecular weight excluding hydrogens is 504 g/mol. The number of carbonyl (C=O) groups excluding carboxylic acids is 4. The van der Waals surface area contributed by atoms with Crippen LogP contribution in [0.3, 0.4) is 0 Å². The predicted octanol–water partition coefficient (Wildman–Crippen LogP) is 0.0880. The second-order valence-corrected chi connectivity index (χ2v) is 10.2. The molecule has 3 atom stereocenters. The van der Waals surface area contributed by atoms with Crippen LogP contribution in [0.5, 0.6) is 0 Å². The van der Waals surface area contributed by atoms with Crippen LogP contribution in [0, 0.1) is 5.92 Å². The molecule has 178 valence electrons.